The third-order valence-electron chi connectivity index (χ3n) is 9.51. The van der Waals surface area contributed by atoms with Crippen LogP contribution in [0.5, 0.6) is 11.5 Å². The molecule has 0 aliphatic heterocycles. The number of fused-ring (bicyclic) bond motifs is 1. The van der Waals surface area contributed by atoms with Crippen LogP contribution >= 0.6 is 0 Å². The second-order valence-corrected chi connectivity index (χ2v) is 13.2. The third kappa shape index (κ3) is 6.74. The van der Waals surface area contributed by atoms with Gasteiger partial charge in [0.1, 0.15) is 23.0 Å². The van der Waals surface area contributed by atoms with E-state index < -0.39 is 12.3 Å². The summed E-state index contributed by atoms with van der Waals surface area (Å²) >= 11 is 0. The molecule has 2 saturated carbocycles. The number of carbonyl (C=O) groups is 1. The van der Waals surface area contributed by atoms with Gasteiger partial charge in [-0.1, -0.05) is 37.6 Å². The van der Waals surface area contributed by atoms with E-state index >= 15 is 0 Å². The van der Waals surface area contributed by atoms with Gasteiger partial charge < -0.3 is 28.4 Å². The minimum Gasteiger partial charge on any atom is -0.493 e. The largest absolute Gasteiger partial charge is 0.573 e. The monoisotopic (exact) mass is 640 g/mol. The van der Waals surface area contributed by atoms with Crippen LogP contribution in [-0.4, -0.2) is 39.4 Å². The van der Waals surface area contributed by atoms with Gasteiger partial charge in [-0.25, -0.2) is 4.79 Å². The molecule has 0 radical (unpaired) electrons. The van der Waals surface area contributed by atoms with Crippen molar-refractivity contribution in [3.8, 4) is 22.8 Å². The molecule has 0 amide bonds. The van der Waals surface area contributed by atoms with Gasteiger partial charge in [0.15, 0.2) is 0 Å². The van der Waals surface area contributed by atoms with Gasteiger partial charge in [-0.3, -0.25) is 0 Å². The molecule has 0 atom stereocenters. The number of carboxylic acid groups (broad SMARTS) is 1. The number of hydrogen-bond donors (Lipinski definition) is 1. The van der Waals surface area contributed by atoms with Crippen molar-refractivity contribution in [2.24, 2.45) is 12.5 Å². The van der Waals surface area contributed by atoms with Gasteiger partial charge in [0.05, 0.1) is 29.9 Å². The number of aromatic nitrogens is 2. The number of hydrogen-bond acceptors (Lipinski definition) is 6. The van der Waals surface area contributed by atoms with Crippen LogP contribution < -0.4 is 9.47 Å². The molecule has 46 heavy (non-hydrogen) atoms. The summed E-state index contributed by atoms with van der Waals surface area (Å²) in [4.78, 5) is 11.6. The van der Waals surface area contributed by atoms with Gasteiger partial charge in [0.2, 0.25) is 0 Å². The first kappa shape index (κ1) is 32.0. The SMILES string of the molecule is CCCC1(OCc2c(-c3ccccc3OC(F)(F)F)noc2C2CC2)CCC(C)(COc2ccc3c(C(=O)O)cn(C)c3c2)CC1. The molecule has 2 fully saturated rings. The molecular formula is C35H39F3N2O6. The minimum absolute atomic E-state index is 0.0919. The van der Waals surface area contributed by atoms with Crippen LogP contribution in [0.15, 0.2) is 53.2 Å². The van der Waals surface area contributed by atoms with Crippen LogP contribution in [0.1, 0.15) is 92.8 Å². The number of aryl methyl sites for hydroxylation is 1. The van der Waals surface area contributed by atoms with E-state index in [0.29, 0.717) is 34.8 Å². The van der Waals surface area contributed by atoms with Crippen molar-refractivity contribution in [1.82, 2.24) is 9.72 Å². The number of aromatic carboxylic acids is 1. The molecule has 2 aromatic carbocycles. The Bertz CT molecular complexity index is 1710. The van der Waals surface area contributed by atoms with E-state index in [-0.39, 0.29) is 40.4 Å². The van der Waals surface area contributed by atoms with Crippen molar-refractivity contribution >= 4 is 16.9 Å². The number of carboxylic acids is 1. The Morgan fingerprint density at radius 1 is 1.13 bits per heavy atom. The molecular weight excluding hydrogens is 601 g/mol. The summed E-state index contributed by atoms with van der Waals surface area (Å²) in [5.74, 6) is 0.280. The highest BCUT2D eigenvalue weighted by Gasteiger charge is 2.42. The molecule has 4 aromatic rings. The van der Waals surface area contributed by atoms with E-state index in [0.717, 1.165) is 56.9 Å². The average Bonchev–Trinajstić information content (AvgIpc) is 3.69. The van der Waals surface area contributed by atoms with E-state index in [2.05, 4.69) is 23.7 Å². The van der Waals surface area contributed by atoms with Crippen LogP contribution in [0.3, 0.4) is 0 Å². The smallest absolute Gasteiger partial charge is 0.493 e. The Morgan fingerprint density at radius 2 is 1.87 bits per heavy atom. The number of rotatable bonds is 12. The van der Waals surface area contributed by atoms with Crippen molar-refractivity contribution in [3.63, 3.8) is 0 Å². The maximum absolute atomic E-state index is 13.2. The van der Waals surface area contributed by atoms with Gasteiger partial charge >= 0.3 is 12.3 Å². The molecule has 0 saturated heterocycles. The van der Waals surface area contributed by atoms with E-state index in [1.807, 2.05) is 19.2 Å². The van der Waals surface area contributed by atoms with Crippen molar-refractivity contribution in [1.29, 1.82) is 0 Å². The molecule has 2 heterocycles. The number of ether oxygens (including phenoxy) is 3. The van der Waals surface area contributed by atoms with Crippen molar-refractivity contribution < 1.29 is 41.8 Å². The summed E-state index contributed by atoms with van der Waals surface area (Å²) in [6.07, 6.45) is 3.81. The van der Waals surface area contributed by atoms with Crippen LogP contribution in [0.4, 0.5) is 13.2 Å². The summed E-state index contributed by atoms with van der Waals surface area (Å²) in [6.45, 7) is 5.04. The molecule has 0 unspecified atom stereocenters. The van der Waals surface area contributed by atoms with Crippen molar-refractivity contribution in [2.45, 2.75) is 89.7 Å². The van der Waals surface area contributed by atoms with Gasteiger partial charge in [-0.05, 0) is 69.2 Å². The lowest BCUT2D eigenvalue weighted by molar-refractivity contribution is -0.274. The topological polar surface area (TPSA) is 95.9 Å². The van der Waals surface area contributed by atoms with E-state index in [1.54, 1.807) is 29.0 Å². The highest BCUT2D eigenvalue weighted by atomic mass is 19.4. The summed E-state index contributed by atoms with van der Waals surface area (Å²) in [7, 11) is 1.82. The second-order valence-electron chi connectivity index (χ2n) is 13.2. The van der Waals surface area contributed by atoms with Crippen LogP contribution in [0, 0.1) is 5.41 Å². The first-order valence-electron chi connectivity index (χ1n) is 15.8. The van der Waals surface area contributed by atoms with Gasteiger partial charge in [-0.2, -0.15) is 0 Å². The van der Waals surface area contributed by atoms with Gasteiger partial charge in [0.25, 0.3) is 0 Å². The Kier molecular flexibility index (Phi) is 8.56. The van der Waals surface area contributed by atoms with Crippen LogP contribution in [0.25, 0.3) is 22.2 Å². The Hall–Kier alpha value is -3.99. The third-order valence-corrected chi connectivity index (χ3v) is 9.51. The quantitative estimate of drug-likeness (QED) is 0.165. The summed E-state index contributed by atoms with van der Waals surface area (Å²) in [6, 6.07) is 11.5. The second kappa shape index (κ2) is 12.3. The van der Waals surface area contributed by atoms with Crippen molar-refractivity contribution in [2.75, 3.05) is 6.61 Å². The zero-order valence-corrected chi connectivity index (χ0v) is 26.3. The van der Waals surface area contributed by atoms with Crippen LogP contribution in [0.2, 0.25) is 0 Å². The first-order chi connectivity index (χ1) is 21.9. The Morgan fingerprint density at radius 3 is 2.54 bits per heavy atom. The number of halogens is 3. The molecule has 0 spiro atoms. The molecule has 2 aliphatic carbocycles. The van der Waals surface area contributed by atoms with Gasteiger partial charge in [0, 0.05) is 47.2 Å². The zero-order valence-electron chi connectivity index (χ0n) is 26.3. The van der Waals surface area contributed by atoms with Gasteiger partial charge in [-0.15, -0.1) is 13.2 Å². The molecule has 1 N–H and O–H groups in total. The number of nitrogens with zero attached hydrogens (tertiary/aromatic N) is 2. The zero-order chi connectivity index (χ0) is 32.7. The maximum atomic E-state index is 13.2. The molecule has 2 aromatic heterocycles. The fraction of sp³-hybridized carbons (Fsp3) is 0.486. The fourth-order valence-corrected chi connectivity index (χ4v) is 6.70. The minimum atomic E-state index is -4.84. The lowest BCUT2D eigenvalue weighted by Crippen LogP contribution is -2.42. The Labute approximate surface area is 265 Å². The van der Waals surface area contributed by atoms with Crippen molar-refractivity contribution in [3.05, 3.63) is 65.5 Å². The molecule has 246 valence electrons. The predicted octanol–water partition coefficient (Wildman–Crippen LogP) is 9.02. The molecule has 11 heteroatoms. The summed E-state index contributed by atoms with van der Waals surface area (Å²) in [5, 5.41) is 14.4. The van der Waals surface area contributed by atoms with Crippen LogP contribution in [-0.2, 0) is 18.4 Å². The lowest BCUT2D eigenvalue weighted by atomic mass is 9.69. The molecule has 8 nitrogen and oxygen atoms in total. The first-order valence-corrected chi connectivity index (χ1v) is 15.8. The predicted molar refractivity (Wildman–Crippen MR) is 165 cm³/mol. The lowest BCUT2D eigenvalue weighted by Gasteiger charge is -2.44. The Balaban J connectivity index is 1.16. The molecule has 6 rings (SSSR count). The number of para-hydroxylation sites is 1. The number of benzene rings is 2. The van der Waals surface area contributed by atoms with E-state index in [1.165, 1.54) is 12.1 Å². The molecule has 2 aliphatic rings. The molecule has 0 bridgehead atoms. The van der Waals surface area contributed by atoms with E-state index in [9.17, 15) is 23.1 Å². The summed E-state index contributed by atoms with van der Waals surface area (Å²) in [5.41, 5.74) is 1.82. The highest BCUT2D eigenvalue weighted by Crippen LogP contribution is 2.48. The fourth-order valence-electron chi connectivity index (χ4n) is 6.70. The summed E-state index contributed by atoms with van der Waals surface area (Å²) < 4.78 is 64.5. The maximum Gasteiger partial charge on any atom is 0.573 e. The standard InChI is InChI=1S/C35H39F3N2O6/c1-4-13-34(16-14-33(2,15-17-34)21-43-23-11-12-24-26(32(41)42)19-40(3)28(24)18-23)44-20-27-30(39-46-31(27)22-9-10-22)25-7-5-6-8-29(25)45-35(36,37)38/h5-8,11-12,18-19,22H,4,9-10,13-17,20-21H2,1-3H3,(H,41,42). The average molecular weight is 641 g/mol. The van der Waals surface area contributed by atoms with E-state index in [4.69, 9.17) is 14.0 Å². The highest BCUT2D eigenvalue weighted by molar-refractivity contribution is 6.03. The number of alkyl halides is 3. The normalized spacial score (nSPS) is 21.9.